The summed E-state index contributed by atoms with van der Waals surface area (Å²) in [5.41, 5.74) is 5.57. The fourth-order valence-electron chi connectivity index (χ4n) is 2.65. The van der Waals surface area contributed by atoms with Gasteiger partial charge in [0.05, 0.1) is 6.42 Å². The minimum atomic E-state index is -0.0914. The molecule has 0 aromatic heterocycles. The molecule has 0 atom stereocenters. The molecule has 0 saturated heterocycles. The van der Waals surface area contributed by atoms with E-state index in [1.807, 2.05) is 30.3 Å². The first kappa shape index (κ1) is 11.8. The van der Waals surface area contributed by atoms with Crippen LogP contribution in [0, 0.1) is 0 Å². The van der Waals surface area contributed by atoms with E-state index < -0.39 is 0 Å². The van der Waals surface area contributed by atoms with Crippen LogP contribution in [-0.2, 0) is 11.2 Å². The molecule has 2 heteroatoms. The van der Waals surface area contributed by atoms with E-state index in [2.05, 4.69) is 12.1 Å². The standard InChI is InChI=1S/C17H14O2/c1-11(18)8-17(19)13-6-7-16-14(10-13)9-12-4-2-3-5-15(12)16/h2-7,10H,8-9H2,1H3. The summed E-state index contributed by atoms with van der Waals surface area (Å²) in [7, 11) is 0. The lowest BCUT2D eigenvalue weighted by molar-refractivity contribution is -0.116. The van der Waals surface area contributed by atoms with Crippen molar-refractivity contribution in [3.63, 3.8) is 0 Å². The predicted molar refractivity (Wildman–Crippen MR) is 74.3 cm³/mol. The van der Waals surface area contributed by atoms with Gasteiger partial charge in [-0.2, -0.15) is 0 Å². The van der Waals surface area contributed by atoms with Gasteiger partial charge in [-0.3, -0.25) is 9.59 Å². The first-order valence-electron chi connectivity index (χ1n) is 6.39. The first-order chi connectivity index (χ1) is 9.15. The Morgan fingerprint density at radius 3 is 2.53 bits per heavy atom. The van der Waals surface area contributed by atoms with Gasteiger partial charge in [0.1, 0.15) is 5.78 Å². The van der Waals surface area contributed by atoms with E-state index in [4.69, 9.17) is 0 Å². The second-order valence-corrected chi connectivity index (χ2v) is 5.01. The van der Waals surface area contributed by atoms with Gasteiger partial charge in [-0.1, -0.05) is 36.4 Å². The van der Waals surface area contributed by atoms with Gasteiger partial charge in [-0.05, 0) is 41.7 Å². The molecule has 0 saturated carbocycles. The Morgan fingerprint density at radius 2 is 1.74 bits per heavy atom. The zero-order chi connectivity index (χ0) is 13.4. The molecule has 0 spiro atoms. The van der Waals surface area contributed by atoms with Gasteiger partial charge in [0, 0.05) is 5.56 Å². The molecule has 1 aliphatic rings. The highest BCUT2D eigenvalue weighted by molar-refractivity contribution is 6.07. The average Bonchev–Trinajstić information content (AvgIpc) is 2.75. The number of carbonyl (C=O) groups excluding carboxylic acids is 2. The van der Waals surface area contributed by atoms with Crippen LogP contribution in [0.3, 0.4) is 0 Å². The van der Waals surface area contributed by atoms with Crippen LogP contribution in [0.2, 0.25) is 0 Å². The van der Waals surface area contributed by atoms with Crippen molar-refractivity contribution in [1.82, 2.24) is 0 Å². The highest BCUT2D eigenvalue weighted by Crippen LogP contribution is 2.36. The van der Waals surface area contributed by atoms with Gasteiger partial charge >= 0.3 is 0 Å². The summed E-state index contributed by atoms with van der Waals surface area (Å²) >= 11 is 0. The Hall–Kier alpha value is -2.22. The maximum Gasteiger partial charge on any atom is 0.170 e. The maximum atomic E-state index is 11.9. The number of ketones is 2. The number of rotatable bonds is 3. The third-order valence-electron chi connectivity index (χ3n) is 3.53. The largest absolute Gasteiger partial charge is 0.300 e. The summed E-state index contributed by atoms with van der Waals surface area (Å²) in [5, 5.41) is 0. The molecule has 2 nitrogen and oxygen atoms in total. The van der Waals surface area contributed by atoms with E-state index in [-0.39, 0.29) is 18.0 Å². The molecule has 0 unspecified atom stereocenters. The highest BCUT2D eigenvalue weighted by atomic mass is 16.1. The van der Waals surface area contributed by atoms with Crippen LogP contribution >= 0.6 is 0 Å². The van der Waals surface area contributed by atoms with Crippen LogP contribution in [-0.4, -0.2) is 11.6 Å². The summed E-state index contributed by atoms with van der Waals surface area (Å²) in [6.07, 6.45) is 0.860. The zero-order valence-corrected chi connectivity index (χ0v) is 10.8. The molecule has 0 radical (unpaired) electrons. The van der Waals surface area contributed by atoms with Gasteiger partial charge in [0.15, 0.2) is 5.78 Å². The molecule has 2 aromatic rings. The second-order valence-electron chi connectivity index (χ2n) is 5.01. The van der Waals surface area contributed by atoms with Crippen molar-refractivity contribution in [2.45, 2.75) is 19.8 Å². The quantitative estimate of drug-likeness (QED) is 0.527. The third kappa shape index (κ3) is 2.10. The van der Waals surface area contributed by atoms with Crippen LogP contribution in [0.5, 0.6) is 0 Å². The highest BCUT2D eigenvalue weighted by Gasteiger charge is 2.19. The fraction of sp³-hybridized carbons (Fsp3) is 0.176. The number of hydrogen-bond acceptors (Lipinski definition) is 2. The predicted octanol–water partition coefficient (Wildman–Crippen LogP) is 3.42. The van der Waals surface area contributed by atoms with Gasteiger partial charge in [-0.15, -0.1) is 0 Å². The maximum absolute atomic E-state index is 11.9. The van der Waals surface area contributed by atoms with E-state index in [0.717, 1.165) is 6.42 Å². The summed E-state index contributed by atoms with van der Waals surface area (Å²) in [5.74, 6) is -0.181. The lowest BCUT2D eigenvalue weighted by atomic mass is 10.00. The number of fused-ring (bicyclic) bond motifs is 3. The number of carbonyl (C=O) groups is 2. The molecule has 0 aliphatic heterocycles. The third-order valence-corrected chi connectivity index (χ3v) is 3.53. The monoisotopic (exact) mass is 250 g/mol. The van der Waals surface area contributed by atoms with Crippen LogP contribution < -0.4 is 0 Å². The molecule has 1 aliphatic carbocycles. The molecule has 94 valence electrons. The normalized spacial score (nSPS) is 11.8. The lowest BCUT2D eigenvalue weighted by Crippen LogP contribution is -2.05. The van der Waals surface area contributed by atoms with Crippen molar-refractivity contribution in [3.8, 4) is 11.1 Å². The van der Waals surface area contributed by atoms with Gasteiger partial charge in [0.2, 0.25) is 0 Å². The SMILES string of the molecule is CC(=O)CC(=O)c1ccc2c(c1)Cc1ccccc1-2. The topological polar surface area (TPSA) is 34.1 Å². The minimum Gasteiger partial charge on any atom is -0.300 e. The minimum absolute atomic E-state index is 0.00820. The number of hydrogen-bond donors (Lipinski definition) is 0. The summed E-state index contributed by atoms with van der Waals surface area (Å²) in [6, 6.07) is 14.0. The molecule has 2 aromatic carbocycles. The smallest absolute Gasteiger partial charge is 0.170 e. The summed E-state index contributed by atoms with van der Waals surface area (Å²) in [4.78, 5) is 22.9. The fourth-order valence-corrected chi connectivity index (χ4v) is 2.65. The molecular formula is C17H14O2. The van der Waals surface area contributed by atoms with Crippen LogP contribution in [0.15, 0.2) is 42.5 Å². The molecule has 0 bridgehead atoms. The van der Waals surface area contributed by atoms with Gasteiger partial charge < -0.3 is 0 Å². The molecule has 0 fully saturated rings. The molecule has 19 heavy (non-hydrogen) atoms. The number of benzene rings is 2. The van der Waals surface area contributed by atoms with Crippen molar-refractivity contribution in [3.05, 3.63) is 59.2 Å². The summed E-state index contributed by atoms with van der Waals surface area (Å²) < 4.78 is 0. The van der Waals surface area contributed by atoms with E-state index in [0.29, 0.717) is 5.56 Å². The first-order valence-corrected chi connectivity index (χ1v) is 6.39. The number of Topliss-reactive ketones (excluding diaryl/α,β-unsaturated/α-hetero) is 2. The lowest BCUT2D eigenvalue weighted by Gasteiger charge is -2.04. The van der Waals surface area contributed by atoms with E-state index in [1.165, 1.54) is 29.2 Å². The van der Waals surface area contributed by atoms with E-state index in [9.17, 15) is 9.59 Å². The molecule has 3 rings (SSSR count). The van der Waals surface area contributed by atoms with Gasteiger partial charge in [-0.25, -0.2) is 0 Å². The Labute approximate surface area is 112 Å². The Morgan fingerprint density at radius 1 is 1.00 bits per heavy atom. The Kier molecular flexibility index (Phi) is 2.79. The van der Waals surface area contributed by atoms with E-state index >= 15 is 0 Å². The van der Waals surface area contributed by atoms with Crippen molar-refractivity contribution in [2.75, 3.05) is 0 Å². The van der Waals surface area contributed by atoms with Crippen molar-refractivity contribution >= 4 is 11.6 Å². The Bertz CT molecular complexity index is 683. The molecule has 0 heterocycles. The van der Waals surface area contributed by atoms with Gasteiger partial charge in [0.25, 0.3) is 0 Å². The molecule has 0 amide bonds. The van der Waals surface area contributed by atoms with Crippen LogP contribution in [0.25, 0.3) is 11.1 Å². The Balaban J connectivity index is 1.98. The zero-order valence-electron chi connectivity index (χ0n) is 10.8. The molecule has 0 N–H and O–H groups in total. The summed E-state index contributed by atoms with van der Waals surface area (Å²) in [6.45, 7) is 1.45. The average molecular weight is 250 g/mol. The van der Waals surface area contributed by atoms with Crippen molar-refractivity contribution < 1.29 is 9.59 Å². The molecular weight excluding hydrogens is 236 g/mol. The van der Waals surface area contributed by atoms with E-state index in [1.54, 1.807) is 0 Å². The van der Waals surface area contributed by atoms with Crippen LogP contribution in [0.4, 0.5) is 0 Å². The van der Waals surface area contributed by atoms with Crippen LogP contribution in [0.1, 0.15) is 34.8 Å². The second kappa shape index (κ2) is 4.47. The van der Waals surface area contributed by atoms with Crippen molar-refractivity contribution in [1.29, 1.82) is 0 Å². The van der Waals surface area contributed by atoms with Crippen molar-refractivity contribution in [2.24, 2.45) is 0 Å².